The predicted octanol–water partition coefficient (Wildman–Crippen LogP) is 3.85. The van der Waals surface area contributed by atoms with Crippen molar-refractivity contribution >= 4 is 27.3 Å². The number of amides is 1. The minimum atomic E-state index is -4.04. The van der Waals surface area contributed by atoms with Crippen LogP contribution in [0.3, 0.4) is 0 Å². The Balaban J connectivity index is 1.97. The summed E-state index contributed by atoms with van der Waals surface area (Å²) in [6.45, 7) is 1.43. The number of benzene rings is 3. The molecule has 0 aromatic heterocycles. The Hall–Kier alpha value is -3.52. The minimum Gasteiger partial charge on any atom is -0.497 e. The highest BCUT2D eigenvalue weighted by molar-refractivity contribution is 7.92. The second kappa shape index (κ2) is 9.53. The first-order valence-corrected chi connectivity index (χ1v) is 11.0. The molecule has 0 aliphatic carbocycles. The van der Waals surface area contributed by atoms with Crippen molar-refractivity contribution in [3.63, 3.8) is 0 Å². The highest BCUT2D eigenvalue weighted by Gasteiger charge is 2.29. The van der Waals surface area contributed by atoms with Crippen LogP contribution >= 0.6 is 0 Å². The summed E-state index contributed by atoms with van der Waals surface area (Å²) in [6, 6.07) is 20.0. The van der Waals surface area contributed by atoms with Gasteiger partial charge in [-0.1, -0.05) is 35.9 Å². The Morgan fingerprint density at radius 3 is 2.32 bits per heavy atom. The first-order valence-electron chi connectivity index (χ1n) is 9.51. The molecule has 0 atom stereocenters. The lowest BCUT2D eigenvalue weighted by atomic mass is 10.2. The Kier molecular flexibility index (Phi) is 6.81. The molecule has 3 aromatic carbocycles. The Morgan fingerprint density at radius 2 is 1.65 bits per heavy atom. The number of hydrogen-bond acceptors (Lipinski definition) is 5. The number of nitrogens with zero attached hydrogens (tertiary/aromatic N) is 1. The second-order valence-electron chi connectivity index (χ2n) is 6.78. The number of hydrogen-bond donors (Lipinski definition) is 1. The fourth-order valence-corrected chi connectivity index (χ4v) is 4.44. The van der Waals surface area contributed by atoms with Gasteiger partial charge in [0.2, 0.25) is 5.91 Å². The lowest BCUT2D eigenvalue weighted by Crippen LogP contribution is -2.38. The number of ether oxygens (including phenoxy) is 2. The van der Waals surface area contributed by atoms with E-state index in [2.05, 4.69) is 5.32 Å². The van der Waals surface area contributed by atoms with Gasteiger partial charge in [0.15, 0.2) is 0 Å². The minimum absolute atomic E-state index is 0.0817. The van der Waals surface area contributed by atoms with E-state index in [-0.39, 0.29) is 10.6 Å². The number of carbonyl (C=O) groups excluding carboxylic acids is 1. The zero-order valence-corrected chi connectivity index (χ0v) is 18.3. The predicted molar refractivity (Wildman–Crippen MR) is 120 cm³/mol. The summed E-state index contributed by atoms with van der Waals surface area (Å²) >= 11 is 0. The summed E-state index contributed by atoms with van der Waals surface area (Å²) in [4.78, 5) is 12.9. The first-order chi connectivity index (χ1) is 14.8. The number of rotatable bonds is 8. The number of anilines is 2. The van der Waals surface area contributed by atoms with Crippen LogP contribution in [0.5, 0.6) is 11.5 Å². The molecular formula is C23H24N2O5S. The first kappa shape index (κ1) is 22.2. The van der Waals surface area contributed by atoms with Gasteiger partial charge in [0.1, 0.15) is 18.0 Å². The number of carbonyl (C=O) groups is 1. The average molecular weight is 441 g/mol. The van der Waals surface area contributed by atoms with Crippen LogP contribution < -0.4 is 19.1 Å². The summed E-state index contributed by atoms with van der Waals surface area (Å²) in [6.07, 6.45) is 0. The third-order valence-electron chi connectivity index (χ3n) is 4.60. The molecule has 0 aliphatic rings. The molecule has 0 radical (unpaired) electrons. The normalized spacial score (nSPS) is 10.9. The van der Waals surface area contributed by atoms with E-state index >= 15 is 0 Å². The van der Waals surface area contributed by atoms with E-state index in [4.69, 9.17) is 9.47 Å². The second-order valence-corrected chi connectivity index (χ2v) is 8.64. The maximum atomic E-state index is 13.5. The molecule has 0 bridgehead atoms. The van der Waals surface area contributed by atoms with Crippen LogP contribution in [0.15, 0.2) is 77.7 Å². The zero-order chi connectivity index (χ0) is 22.4. The van der Waals surface area contributed by atoms with Gasteiger partial charge in [0.25, 0.3) is 10.0 Å². The van der Waals surface area contributed by atoms with Crippen LogP contribution in [0.4, 0.5) is 11.4 Å². The molecule has 31 heavy (non-hydrogen) atoms. The van der Waals surface area contributed by atoms with E-state index in [1.165, 1.54) is 26.4 Å². The molecule has 8 heteroatoms. The average Bonchev–Trinajstić information content (AvgIpc) is 2.77. The van der Waals surface area contributed by atoms with Gasteiger partial charge < -0.3 is 14.8 Å². The Labute approximate surface area is 182 Å². The van der Waals surface area contributed by atoms with E-state index in [0.29, 0.717) is 17.2 Å². The maximum absolute atomic E-state index is 13.5. The lowest BCUT2D eigenvalue weighted by Gasteiger charge is -2.25. The van der Waals surface area contributed by atoms with Crippen molar-refractivity contribution in [2.45, 2.75) is 11.8 Å². The molecule has 3 rings (SSSR count). The summed E-state index contributed by atoms with van der Waals surface area (Å²) < 4.78 is 38.5. The number of aryl methyl sites for hydroxylation is 1. The van der Waals surface area contributed by atoms with Crippen molar-refractivity contribution in [1.82, 2.24) is 0 Å². The van der Waals surface area contributed by atoms with E-state index in [9.17, 15) is 13.2 Å². The number of para-hydroxylation sites is 2. The monoisotopic (exact) mass is 440 g/mol. The van der Waals surface area contributed by atoms with Gasteiger partial charge >= 0.3 is 0 Å². The highest BCUT2D eigenvalue weighted by Crippen LogP contribution is 2.32. The summed E-state index contributed by atoms with van der Waals surface area (Å²) in [5.41, 5.74) is 1.70. The molecule has 0 heterocycles. The van der Waals surface area contributed by atoms with Crippen molar-refractivity contribution in [1.29, 1.82) is 0 Å². The smallest absolute Gasteiger partial charge is 0.264 e. The van der Waals surface area contributed by atoms with Crippen LogP contribution in [0.1, 0.15) is 5.56 Å². The number of nitrogens with one attached hydrogen (secondary N) is 1. The summed E-state index contributed by atoms with van der Waals surface area (Å²) in [7, 11) is -1.06. The number of sulfonamides is 1. The molecule has 3 aromatic rings. The van der Waals surface area contributed by atoms with Crippen LogP contribution in [0, 0.1) is 6.92 Å². The van der Waals surface area contributed by atoms with Crippen molar-refractivity contribution in [3.8, 4) is 11.5 Å². The lowest BCUT2D eigenvalue weighted by molar-refractivity contribution is -0.114. The molecule has 0 saturated carbocycles. The highest BCUT2D eigenvalue weighted by atomic mass is 32.2. The molecule has 1 amide bonds. The molecule has 1 N–H and O–H groups in total. The molecule has 0 fully saturated rings. The van der Waals surface area contributed by atoms with Gasteiger partial charge in [0, 0.05) is 11.8 Å². The fourth-order valence-electron chi connectivity index (χ4n) is 3.00. The van der Waals surface area contributed by atoms with Crippen LogP contribution in [0.25, 0.3) is 0 Å². The van der Waals surface area contributed by atoms with Crippen molar-refractivity contribution in [3.05, 3.63) is 78.4 Å². The van der Waals surface area contributed by atoms with E-state index in [0.717, 1.165) is 9.87 Å². The van der Waals surface area contributed by atoms with E-state index in [1.807, 2.05) is 6.92 Å². The standard InChI is InChI=1S/C23H24N2O5S/c1-17-11-13-20(14-12-17)31(27,28)25(21-9-4-5-10-22(21)30-3)16-23(26)24-18-7-6-8-19(15-18)29-2/h4-15H,16H2,1-3H3,(H,24,26). The SMILES string of the molecule is COc1cccc(NC(=O)CN(c2ccccc2OC)S(=O)(=O)c2ccc(C)cc2)c1. The van der Waals surface area contributed by atoms with Gasteiger partial charge in [-0.2, -0.15) is 0 Å². The van der Waals surface area contributed by atoms with Crippen LogP contribution in [-0.4, -0.2) is 35.1 Å². The molecule has 0 unspecified atom stereocenters. The summed E-state index contributed by atoms with van der Waals surface area (Å²) in [5.74, 6) is 0.411. The zero-order valence-electron chi connectivity index (χ0n) is 17.5. The molecular weight excluding hydrogens is 416 g/mol. The fraction of sp³-hybridized carbons (Fsp3) is 0.174. The van der Waals surface area contributed by atoms with E-state index < -0.39 is 22.5 Å². The molecule has 7 nitrogen and oxygen atoms in total. The topological polar surface area (TPSA) is 84.9 Å². The number of methoxy groups -OCH3 is 2. The third kappa shape index (κ3) is 5.16. The molecule has 162 valence electrons. The summed E-state index contributed by atoms with van der Waals surface area (Å²) in [5, 5.41) is 2.72. The Morgan fingerprint density at radius 1 is 0.935 bits per heavy atom. The maximum Gasteiger partial charge on any atom is 0.264 e. The van der Waals surface area contributed by atoms with Gasteiger partial charge in [-0.25, -0.2) is 8.42 Å². The van der Waals surface area contributed by atoms with Gasteiger partial charge in [0.05, 0.1) is 24.8 Å². The molecule has 0 aliphatic heterocycles. The van der Waals surface area contributed by atoms with E-state index in [1.54, 1.807) is 60.7 Å². The van der Waals surface area contributed by atoms with Crippen LogP contribution in [-0.2, 0) is 14.8 Å². The molecule has 0 spiro atoms. The quantitative estimate of drug-likeness (QED) is 0.575. The van der Waals surface area contributed by atoms with Gasteiger partial charge in [-0.15, -0.1) is 0 Å². The molecule has 0 saturated heterocycles. The third-order valence-corrected chi connectivity index (χ3v) is 6.38. The van der Waals surface area contributed by atoms with Crippen molar-refractivity contribution in [2.75, 3.05) is 30.4 Å². The van der Waals surface area contributed by atoms with Gasteiger partial charge in [-0.05, 0) is 43.3 Å². The largest absolute Gasteiger partial charge is 0.497 e. The van der Waals surface area contributed by atoms with Crippen molar-refractivity contribution in [2.24, 2.45) is 0 Å². The van der Waals surface area contributed by atoms with Crippen molar-refractivity contribution < 1.29 is 22.7 Å². The van der Waals surface area contributed by atoms with Gasteiger partial charge in [-0.3, -0.25) is 9.10 Å². The van der Waals surface area contributed by atoms with Crippen LogP contribution in [0.2, 0.25) is 0 Å². The Bertz CT molecular complexity index is 1160.